The molecule has 0 aromatic heterocycles. The van der Waals surface area contributed by atoms with Crippen LogP contribution >= 0.6 is 11.8 Å². The molecule has 1 aromatic rings. The molecule has 20 heavy (non-hydrogen) atoms. The van der Waals surface area contributed by atoms with Gasteiger partial charge in [0.05, 0.1) is 13.2 Å². The first-order chi connectivity index (χ1) is 9.63. The Hall–Kier alpha value is -0.710. The second-order valence-corrected chi connectivity index (χ2v) is 6.39. The molecule has 1 atom stereocenters. The number of ether oxygens (including phenoxy) is 1. The van der Waals surface area contributed by atoms with Gasteiger partial charge in [0.1, 0.15) is 5.75 Å². The van der Waals surface area contributed by atoms with Crippen LogP contribution in [0.3, 0.4) is 0 Å². The Labute approximate surface area is 126 Å². The van der Waals surface area contributed by atoms with Crippen LogP contribution in [-0.4, -0.2) is 42.6 Å². The lowest BCUT2D eigenvalue weighted by Crippen LogP contribution is -2.36. The summed E-state index contributed by atoms with van der Waals surface area (Å²) in [6.07, 6.45) is 4.11. The molecule has 0 spiro atoms. The molecule has 112 valence electrons. The van der Waals surface area contributed by atoms with Crippen molar-refractivity contribution < 1.29 is 9.84 Å². The minimum Gasteiger partial charge on any atom is -0.496 e. The highest BCUT2D eigenvalue weighted by molar-refractivity contribution is 7.98. The molecular formula is C16H25NO2S. The molecule has 0 radical (unpaired) electrons. The van der Waals surface area contributed by atoms with E-state index >= 15 is 0 Å². The van der Waals surface area contributed by atoms with E-state index in [2.05, 4.69) is 29.4 Å². The Morgan fingerprint density at radius 3 is 2.65 bits per heavy atom. The van der Waals surface area contributed by atoms with Crippen molar-refractivity contribution in [1.29, 1.82) is 0 Å². The predicted molar refractivity (Wildman–Crippen MR) is 84.5 cm³/mol. The van der Waals surface area contributed by atoms with Gasteiger partial charge in [0.25, 0.3) is 0 Å². The van der Waals surface area contributed by atoms with Crippen LogP contribution in [0.4, 0.5) is 0 Å². The van der Waals surface area contributed by atoms with Crippen LogP contribution in [-0.2, 0) is 6.54 Å². The van der Waals surface area contributed by atoms with Crippen LogP contribution in [0, 0.1) is 5.92 Å². The highest BCUT2D eigenvalue weighted by Gasteiger charge is 2.22. The summed E-state index contributed by atoms with van der Waals surface area (Å²) >= 11 is 1.72. The van der Waals surface area contributed by atoms with Gasteiger partial charge in [-0.2, -0.15) is 0 Å². The molecule has 0 amide bonds. The molecule has 1 saturated heterocycles. The Morgan fingerprint density at radius 1 is 1.40 bits per heavy atom. The summed E-state index contributed by atoms with van der Waals surface area (Å²) in [4.78, 5) is 3.68. The van der Waals surface area contributed by atoms with Crippen molar-refractivity contribution in [2.75, 3.05) is 26.5 Å². The van der Waals surface area contributed by atoms with Gasteiger partial charge in [-0.25, -0.2) is 0 Å². The number of piperidine rings is 1. The molecule has 1 N–H and O–H groups in total. The number of nitrogens with zero attached hydrogens (tertiary/aromatic N) is 1. The highest BCUT2D eigenvalue weighted by atomic mass is 32.2. The fourth-order valence-electron chi connectivity index (χ4n) is 2.83. The van der Waals surface area contributed by atoms with E-state index in [0.29, 0.717) is 5.92 Å². The molecule has 2 rings (SSSR count). The maximum atomic E-state index is 9.64. The molecule has 0 aliphatic carbocycles. The lowest BCUT2D eigenvalue weighted by molar-refractivity contribution is 0.0695. The topological polar surface area (TPSA) is 32.7 Å². The summed E-state index contributed by atoms with van der Waals surface area (Å²) in [5.74, 6) is 1.43. The lowest BCUT2D eigenvalue weighted by Gasteiger charge is -2.33. The van der Waals surface area contributed by atoms with E-state index in [4.69, 9.17) is 4.74 Å². The van der Waals surface area contributed by atoms with Crippen LogP contribution in [0.5, 0.6) is 5.75 Å². The minimum absolute atomic E-state index is 0.166. The number of hydrogen-bond donors (Lipinski definition) is 1. The summed E-state index contributed by atoms with van der Waals surface area (Å²) in [6.45, 7) is 5.06. The molecule has 1 aliphatic rings. The highest BCUT2D eigenvalue weighted by Crippen LogP contribution is 2.29. The fraction of sp³-hybridized carbons (Fsp3) is 0.625. The predicted octanol–water partition coefficient (Wildman–Crippen LogP) is 3.01. The van der Waals surface area contributed by atoms with Crippen LogP contribution in [0.1, 0.15) is 25.3 Å². The third-order valence-electron chi connectivity index (χ3n) is 4.17. The van der Waals surface area contributed by atoms with E-state index in [0.717, 1.165) is 38.2 Å². The molecular weight excluding hydrogens is 270 g/mol. The molecule has 1 aromatic carbocycles. The SMILES string of the molecule is COc1ccc(CN2CCC(C(C)O)CC2)cc1SC. The molecule has 1 aliphatic heterocycles. The van der Waals surface area contributed by atoms with Crippen LogP contribution in [0.25, 0.3) is 0 Å². The molecule has 1 heterocycles. The Morgan fingerprint density at radius 2 is 2.10 bits per heavy atom. The molecule has 0 saturated carbocycles. The number of rotatable bonds is 5. The van der Waals surface area contributed by atoms with Gasteiger partial charge in [0, 0.05) is 11.4 Å². The Bertz CT molecular complexity index is 428. The smallest absolute Gasteiger partial charge is 0.132 e. The number of aliphatic hydroxyl groups excluding tert-OH is 1. The van der Waals surface area contributed by atoms with Gasteiger partial charge in [-0.15, -0.1) is 11.8 Å². The second-order valence-electron chi connectivity index (χ2n) is 5.54. The largest absolute Gasteiger partial charge is 0.496 e. The molecule has 1 fully saturated rings. The van der Waals surface area contributed by atoms with Crippen molar-refractivity contribution in [3.8, 4) is 5.75 Å². The van der Waals surface area contributed by atoms with Gasteiger partial charge in [-0.05, 0) is 62.7 Å². The van der Waals surface area contributed by atoms with Crippen molar-refractivity contribution in [2.24, 2.45) is 5.92 Å². The van der Waals surface area contributed by atoms with E-state index < -0.39 is 0 Å². The molecule has 4 heteroatoms. The van der Waals surface area contributed by atoms with Gasteiger partial charge in [0.2, 0.25) is 0 Å². The summed E-state index contributed by atoms with van der Waals surface area (Å²) in [6, 6.07) is 6.44. The quantitative estimate of drug-likeness (QED) is 0.847. The third-order valence-corrected chi connectivity index (χ3v) is 4.93. The first kappa shape index (κ1) is 15.7. The van der Waals surface area contributed by atoms with E-state index in [9.17, 15) is 5.11 Å². The van der Waals surface area contributed by atoms with Crippen molar-refractivity contribution in [3.05, 3.63) is 23.8 Å². The van der Waals surface area contributed by atoms with E-state index in [1.54, 1.807) is 18.9 Å². The summed E-state index contributed by atoms with van der Waals surface area (Å²) < 4.78 is 5.36. The van der Waals surface area contributed by atoms with Gasteiger partial charge in [-0.1, -0.05) is 6.07 Å². The van der Waals surface area contributed by atoms with Crippen molar-refractivity contribution >= 4 is 11.8 Å². The van der Waals surface area contributed by atoms with Gasteiger partial charge < -0.3 is 9.84 Å². The second kappa shape index (κ2) is 7.34. The zero-order chi connectivity index (χ0) is 14.5. The normalized spacial score (nSPS) is 19.0. The van der Waals surface area contributed by atoms with Gasteiger partial charge in [-0.3, -0.25) is 4.90 Å². The lowest BCUT2D eigenvalue weighted by atomic mass is 9.92. The zero-order valence-corrected chi connectivity index (χ0v) is 13.4. The standard InChI is InChI=1S/C16H25NO2S/c1-12(18)14-6-8-17(9-7-14)11-13-4-5-15(19-2)16(10-13)20-3/h4-5,10,12,14,18H,6-9,11H2,1-3H3. The number of hydrogen-bond acceptors (Lipinski definition) is 4. The zero-order valence-electron chi connectivity index (χ0n) is 12.6. The van der Waals surface area contributed by atoms with E-state index in [1.165, 1.54) is 10.5 Å². The number of methoxy groups -OCH3 is 1. The third kappa shape index (κ3) is 3.90. The van der Waals surface area contributed by atoms with Crippen molar-refractivity contribution in [1.82, 2.24) is 4.90 Å². The summed E-state index contributed by atoms with van der Waals surface area (Å²) in [7, 11) is 1.72. The van der Waals surface area contributed by atoms with E-state index in [1.807, 2.05) is 6.92 Å². The molecule has 3 nitrogen and oxygen atoms in total. The number of thioether (sulfide) groups is 1. The van der Waals surface area contributed by atoms with Crippen LogP contribution in [0.2, 0.25) is 0 Å². The average Bonchev–Trinajstić information content (AvgIpc) is 2.47. The first-order valence-electron chi connectivity index (χ1n) is 7.25. The summed E-state index contributed by atoms with van der Waals surface area (Å²) in [5, 5.41) is 9.64. The maximum Gasteiger partial charge on any atom is 0.132 e. The van der Waals surface area contributed by atoms with Crippen LogP contribution in [0.15, 0.2) is 23.1 Å². The average molecular weight is 295 g/mol. The monoisotopic (exact) mass is 295 g/mol. The van der Waals surface area contributed by atoms with Gasteiger partial charge >= 0.3 is 0 Å². The fourth-order valence-corrected chi connectivity index (χ4v) is 3.45. The van der Waals surface area contributed by atoms with E-state index in [-0.39, 0.29) is 6.10 Å². The van der Waals surface area contributed by atoms with Crippen LogP contribution < -0.4 is 4.74 Å². The van der Waals surface area contributed by atoms with Crippen molar-refractivity contribution in [3.63, 3.8) is 0 Å². The van der Waals surface area contributed by atoms with Crippen molar-refractivity contribution in [2.45, 2.75) is 37.3 Å². The molecule has 0 bridgehead atoms. The first-order valence-corrected chi connectivity index (χ1v) is 8.48. The Balaban J connectivity index is 1.94. The maximum absolute atomic E-state index is 9.64. The number of likely N-dealkylation sites (tertiary alicyclic amines) is 1. The Kier molecular flexibility index (Phi) is 5.75. The number of aliphatic hydroxyl groups is 1. The number of benzene rings is 1. The summed E-state index contributed by atoms with van der Waals surface area (Å²) in [5.41, 5.74) is 1.34. The van der Waals surface area contributed by atoms with Gasteiger partial charge in [0.15, 0.2) is 0 Å². The molecule has 1 unspecified atom stereocenters. The minimum atomic E-state index is -0.166.